The van der Waals surface area contributed by atoms with Crippen LogP contribution in [0.5, 0.6) is 0 Å². The highest BCUT2D eigenvalue weighted by Crippen LogP contribution is 2.74. The first-order valence-corrected chi connectivity index (χ1v) is 14.5. The Morgan fingerprint density at radius 2 is 1.74 bits per heavy atom. The van der Waals surface area contributed by atoms with Crippen molar-refractivity contribution in [3.63, 3.8) is 0 Å². The Bertz CT molecular complexity index is 992. The molecule has 5 rings (SSSR count). The Hall–Kier alpha value is -1.07. The van der Waals surface area contributed by atoms with Crippen molar-refractivity contribution in [3.8, 4) is 0 Å². The van der Waals surface area contributed by atoms with E-state index in [1.54, 1.807) is 5.57 Å². The quantitative estimate of drug-likeness (QED) is 0.376. The predicted octanol–water partition coefficient (Wildman–Crippen LogP) is 8.55. The van der Waals surface area contributed by atoms with Crippen molar-refractivity contribution in [1.29, 1.82) is 0 Å². The van der Waals surface area contributed by atoms with E-state index in [1.807, 2.05) is 0 Å². The van der Waals surface area contributed by atoms with Crippen molar-refractivity contribution in [3.05, 3.63) is 46.0 Å². The van der Waals surface area contributed by atoms with Gasteiger partial charge in [0.2, 0.25) is 0 Å². The standard InChI is InChI=1S/C29H41OP/c1-19-10-11-26(3)12-14-28(5)24-9-8-21-20(2)23(30)18-31(7)17-22(21)27(24,4)13-15-29(28,6)25(26)16-19/h8-9,17-19,25H,10-16H2,1-7H3/p+1/t19?,25-,26-,27?,28?,29?/m1/s1. The summed E-state index contributed by atoms with van der Waals surface area (Å²) in [5.74, 6) is 6.80. The molecule has 0 aromatic rings. The molecule has 1 N–H and O–H groups in total. The van der Waals surface area contributed by atoms with Crippen LogP contribution < -0.4 is 0 Å². The SMILES string of the molecule is CC1=C(O)C=[P+](C)C=C2C1=CC=C1C2(C)CCC2(C)[C@@H]3CC(C)CC[C@]3(C)CCC12C. The number of rotatable bonds is 0. The van der Waals surface area contributed by atoms with E-state index in [2.05, 4.69) is 72.0 Å². The highest BCUT2D eigenvalue weighted by molar-refractivity contribution is 7.60. The fourth-order valence-corrected chi connectivity index (χ4v) is 10.1. The van der Waals surface area contributed by atoms with Crippen molar-refractivity contribution < 1.29 is 5.11 Å². The molecule has 0 aromatic carbocycles. The van der Waals surface area contributed by atoms with Crippen molar-refractivity contribution in [2.45, 2.75) is 86.5 Å². The number of fused-ring (bicyclic) bond motifs is 7. The average Bonchev–Trinajstić information content (AvgIpc) is 2.82. The molecule has 0 saturated heterocycles. The third-order valence-corrected chi connectivity index (χ3v) is 12.3. The second-order valence-electron chi connectivity index (χ2n) is 12.7. The largest absolute Gasteiger partial charge is 0.504 e. The van der Waals surface area contributed by atoms with Crippen LogP contribution in [0.2, 0.25) is 0 Å². The third kappa shape index (κ3) is 2.78. The van der Waals surface area contributed by atoms with Gasteiger partial charge in [0.15, 0.2) is 11.6 Å². The smallest absolute Gasteiger partial charge is 0.161 e. The molecule has 5 unspecified atom stereocenters. The number of hydrogen-bond donors (Lipinski definition) is 1. The molecule has 1 heterocycles. The van der Waals surface area contributed by atoms with E-state index in [1.165, 1.54) is 56.1 Å². The Labute approximate surface area is 191 Å². The molecular weight excluding hydrogens is 395 g/mol. The van der Waals surface area contributed by atoms with Crippen LogP contribution in [0.4, 0.5) is 0 Å². The Morgan fingerprint density at radius 1 is 1.00 bits per heavy atom. The lowest BCUT2D eigenvalue weighted by Crippen LogP contribution is -2.60. The summed E-state index contributed by atoms with van der Waals surface area (Å²) in [6.45, 7) is 17.3. The minimum absolute atomic E-state index is 0.0999. The number of aliphatic hydroxyl groups excluding tert-OH is 1. The van der Waals surface area contributed by atoms with Gasteiger partial charge in [0.25, 0.3) is 0 Å². The van der Waals surface area contributed by atoms with Crippen molar-refractivity contribution in [2.24, 2.45) is 33.5 Å². The summed E-state index contributed by atoms with van der Waals surface area (Å²) in [7, 11) is -0.430. The summed E-state index contributed by atoms with van der Waals surface area (Å²) >= 11 is 0. The van der Waals surface area contributed by atoms with E-state index in [0.717, 1.165) is 17.4 Å². The van der Waals surface area contributed by atoms with Crippen LogP contribution >= 0.6 is 7.55 Å². The lowest BCUT2D eigenvalue weighted by Gasteiger charge is -2.69. The topological polar surface area (TPSA) is 20.2 Å². The Balaban J connectivity index is 1.67. The fraction of sp³-hybridized carbons (Fsp3) is 0.690. The molecule has 5 aliphatic rings. The maximum Gasteiger partial charge on any atom is 0.161 e. The Kier molecular flexibility index (Phi) is 4.72. The lowest BCUT2D eigenvalue weighted by atomic mass is 9.35. The van der Waals surface area contributed by atoms with E-state index in [9.17, 15) is 5.11 Å². The van der Waals surface area contributed by atoms with Gasteiger partial charge < -0.3 is 5.11 Å². The number of aliphatic hydroxyl groups is 1. The minimum Gasteiger partial charge on any atom is -0.504 e. The van der Waals surface area contributed by atoms with Crippen molar-refractivity contribution in [2.75, 3.05) is 6.66 Å². The van der Waals surface area contributed by atoms with E-state index < -0.39 is 7.55 Å². The molecular formula is C29H42OP+. The third-order valence-electron chi connectivity index (χ3n) is 11.0. The van der Waals surface area contributed by atoms with Gasteiger partial charge in [0, 0.05) is 16.6 Å². The van der Waals surface area contributed by atoms with Crippen LogP contribution in [0.15, 0.2) is 46.0 Å². The zero-order valence-electron chi connectivity index (χ0n) is 20.8. The van der Waals surface area contributed by atoms with Crippen molar-refractivity contribution in [1.82, 2.24) is 0 Å². The van der Waals surface area contributed by atoms with Crippen LogP contribution in [0, 0.1) is 33.5 Å². The highest BCUT2D eigenvalue weighted by Gasteiger charge is 2.65. The van der Waals surface area contributed by atoms with Gasteiger partial charge in [-0.15, -0.1) is 0 Å². The monoisotopic (exact) mass is 437 g/mol. The first kappa shape index (κ1) is 21.8. The molecule has 0 radical (unpaired) electrons. The molecule has 3 fully saturated rings. The molecule has 1 nitrogen and oxygen atoms in total. The molecule has 3 saturated carbocycles. The van der Waals surface area contributed by atoms with Gasteiger partial charge in [-0.25, -0.2) is 0 Å². The van der Waals surface area contributed by atoms with Crippen LogP contribution in [0.25, 0.3) is 0 Å². The molecule has 0 aromatic heterocycles. The summed E-state index contributed by atoms with van der Waals surface area (Å²) in [6, 6.07) is 0. The summed E-state index contributed by atoms with van der Waals surface area (Å²) in [5, 5.41) is 10.7. The summed E-state index contributed by atoms with van der Waals surface area (Å²) < 4.78 is 0. The average molecular weight is 438 g/mol. The molecule has 31 heavy (non-hydrogen) atoms. The van der Waals surface area contributed by atoms with E-state index in [4.69, 9.17) is 0 Å². The summed E-state index contributed by atoms with van der Waals surface area (Å²) in [5.41, 5.74) is 6.82. The van der Waals surface area contributed by atoms with Gasteiger partial charge in [-0.05, 0) is 79.1 Å². The minimum atomic E-state index is -0.430. The number of allylic oxidation sites excluding steroid dienone is 7. The van der Waals surface area contributed by atoms with E-state index in [-0.39, 0.29) is 10.8 Å². The molecule has 2 heteroatoms. The molecule has 4 aliphatic carbocycles. The number of hydrogen-bond acceptors (Lipinski definition) is 1. The first-order valence-electron chi connectivity index (χ1n) is 12.6. The van der Waals surface area contributed by atoms with Crippen LogP contribution in [-0.2, 0) is 0 Å². The summed E-state index contributed by atoms with van der Waals surface area (Å²) in [6.07, 6.45) is 14.4. The maximum absolute atomic E-state index is 10.7. The highest BCUT2D eigenvalue weighted by atomic mass is 31.1. The van der Waals surface area contributed by atoms with Gasteiger partial charge in [0.05, 0.1) is 0 Å². The van der Waals surface area contributed by atoms with Crippen LogP contribution in [-0.4, -0.2) is 17.6 Å². The summed E-state index contributed by atoms with van der Waals surface area (Å²) in [4.78, 5) is 0. The van der Waals surface area contributed by atoms with E-state index >= 15 is 0 Å². The molecule has 0 bridgehead atoms. The zero-order valence-corrected chi connectivity index (χ0v) is 21.7. The zero-order chi connectivity index (χ0) is 22.4. The molecule has 7 atom stereocenters. The van der Waals surface area contributed by atoms with Gasteiger partial charge in [-0.2, -0.15) is 0 Å². The van der Waals surface area contributed by atoms with Gasteiger partial charge >= 0.3 is 0 Å². The molecule has 0 spiro atoms. The normalized spacial score (nSPS) is 48.1. The fourth-order valence-electron chi connectivity index (χ4n) is 8.64. The lowest BCUT2D eigenvalue weighted by molar-refractivity contribution is -0.148. The maximum atomic E-state index is 10.7. The van der Waals surface area contributed by atoms with Gasteiger partial charge in [0.1, 0.15) is 20.0 Å². The molecule has 0 amide bonds. The van der Waals surface area contributed by atoms with Crippen LogP contribution in [0.3, 0.4) is 0 Å². The van der Waals surface area contributed by atoms with E-state index in [0.29, 0.717) is 16.6 Å². The van der Waals surface area contributed by atoms with Gasteiger partial charge in [-0.1, -0.05) is 58.8 Å². The predicted molar refractivity (Wildman–Crippen MR) is 136 cm³/mol. The molecule has 1 aliphatic heterocycles. The Morgan fingerprint density at radius 3 is 2.48 bits per heavy atom. The molecule has 168 valence electrons. The second kappa shape index (κ2) is 6.72. The van der Waals surface area contributed by atoms with Crippen LogP contribution in [0.1, 0.15) is 86.5 Å². The van der Waals surface area contributed by atoms with Crippen molar-refractivity contribution >= 4 is 13.3 Å². The first-order chi connectivity index (χ1) is 14.4. The second-order valence-corrected chi connectivity index (χ2v) is 14.5. The van der Waals surface area contributed by atoms with Gasteiger partial charge in [-0.3, -0.25) is 0 Å².